The lowest BCUT2D eigenvalue weighted by molar-refractivity contribution is -0.142. The van der Waals surface area contributed by atoms with Gasteiger partial charge in [0.2, 0.25) is 5.91 Å². The van der Waals surface area contributed by atoms with Crippen LogP contribution in [0.2, 0.25) is 5.02 Å². The Hall–Kier alpha value is -2.28. The van der Waals surface area contributed by atoms with Gasteiger partial charge in [0.1, 0.15) is 11.8 Å². The number of rotatable bonds is 9. The molecule has 0 spiro atoms. The Bertz CT molecular complexity index is 661. The quantitative estimate of drug-likeness (QED) is 0.605. The van der Waals surface area contributed by atoms with Gasteiger partial charge in [0, 0.05) is 5.02 Å². The molecule has 1 atom stereocenters. The number of hydrogen-bond donors (Lipinski definition) is 3. The van der Waals surface area contributed by atoms with E-state index in [0.717, 1.165) is 0 Å². The Labute approximate surface area is 158 Å². The van der Waals surface area contributed by atoms with Gasteiger partial charge in [-0.1, -0.05) is 31.5 Å². The number of halogens is 1. The van der Waals surface area contributed by atoms with Gasteiger partial charge in [-0.15, -0.1) is 0 Å². The average molecular weight is 385 g/mol. The predicted octanol–water partition coefficient (Wildman–Crippen LogP) is 2.23. The number of amides is 2. The van der Waals surface area contributed by atoms with Crippen LogP contribution >= 0.6 is 11.6 Å². The second kappa shape index (κ2) is 9.43. The largest absolute Gasteiger partial charge is 0.480 e. The molecule has 26 heavy (non-hydrogen) atoms. The summed E-state index contributed by atoms with van der Waals surface area (Å²) < 4.78 is 5.63. The van der Waals surface area contributed by atoms with Gasteiger partial charge in [-0.05, 0) is 44.4 Å². The molecular weight excluding hydrogens is 360 g/mol. The topological polar surface area (TPSA) is 105 Å². The molecule has 0 aliphatic heterocycles. The fraction of sp³-hybridized carbons (Fsp3) is 0.500. The number of carboxylic acid groups (broad SMARTS) is 1. The molecule has 0 saturated carbocycles. The van der Waals surface area contributed by atoms with Crippen molar-refractivity contribution in [3.05, 3.63) is 29.3 Å². The molecule has 0 aromatic heterocycles. The number of ether oxygens (including phenoxy) is 1. The summed E-state index contributed by atoms with van der Waals surface area (Å²) in [7, 11) is 0. The normalized spacial score (nSPS) is 12.4. The van der Waals surface area contributed by atoms with E-state index in [0.29, 0.717) is 17.2 Å². The van der Waals surface area contributed by atoms with E-state index in [9.17, 15) is 14.4 Å². The number of aliphatic carboxylic acids is 1. The number of nitrogens with one attached hydrogen (secondary N) is 2. The summed E-state index contributed by atoms with van der Waals surface area (Å²) in [5.41, 5.74) is -1.24. The maximum absolute atomic E-state index is 12.3. The summed E-state index contributed by atoms with van der Waals surface area (Å²) in [5, 5.41) is 14.5. The number of benzene rings is 1. The second-order valence-electron chi connectivity index (χ2n) is 6.84. The Morgan fingerprint density at radius 2 is 1.92 bits per heavy atom. The summed E-state index contributed by atoms with van der Waals surface area (Å²) >= 11 is 5.88. The Morgan fingerprint density at radius 1 is 1.27 bits per heavy atom. The Balaban J connectivity index is 2.58. The number of carbonyl (C=O) groups excluding carboxylic acids is 2. The van der Waals surface area contributed by atoms with Gasteiger partial charge >= 0.3 is 5.97 Å². The van der Waals surface area contributed by atoms with Gasteiger partial charge in [-0.3, -0.25) is 9.59 Å². The Kier molecular flexibility index (Phi) is 7.89. The van der Waals surface area contributed by atoms with E-state index in [-0.39, 0.29) is 12.5 Å². The lowest BCUT2D eigenvalue weighted by Gasteiger charge is -2.25. The van der Waals surface area contributed by atoms with Gasteiger partial charge in [-0.25, -0.2) is 4.79 Å². The summed E-state index contributed by atoms with van der Waals surface area (Å²) in [6.07, 6.45) is 0.304. The van der Waals surface area contributed by atoms with Crippen molar-refractivity contribution in [1.29, 1.82) is 0 Å². The first-order chi connectivity index (χ1) is 12.0. The molecule has 0 unspecified atom stereocenters. The van der Waals surface area contributed by atoms with Gasteiger partial charge in [0.05, 0.1) is 6.54 Å². The monoisotopic (exact) mass is 384 g/mol. The highest BCUT2D eigenvalue weighted by molar-refractivity contribution is 6.30. The SMILES string of the molecule is CC(C)C[C@H](NC(=O)CNC(=O)C(C)(C)Oc1cccc(Cl)c1)C(=O)O. The van der Waals surface area contributed by atoms with Gasteiger partial charge in [0.25, 0.3) is 5.91 Å². The molecule has 8 heteroatoms. The molecule has 144 valence electrons. The van der Waals surface area contributed by atoms with E-state index in [4.69, 9.17) is 21.4 Å². The average Bonchev–Trinajstić information content (AvgIpc) is 2.50. The lowest BCUT2D eigenvalue weighted by Crippen LogP contribution is -2.51. The van der Waals surface area contributed by atoms with Crippen LogP contribution < -0.4 is 15.4 Å². The maximum Gasteiger partial charge on any atom is 0.326 e. The number of carboxylic acids is 1. The smallest absolute Gasteiger partial charge is 0.326 e. The third-order valence-corrected chi connectivity index (χ3v) is 3.70. The standard InChI is InChI=1S/C18H25ClN2O5/c1-11(2)8-14(16(23)24)21-15(22)10-20-17(25)18(3,4)26-13-7-5-6-12(19)9-13/h5-7,9,11,14H,8,10H2,1-4H3,(H,20,25)(H,21,22)(H,23,24)/t14-/m0/s1. The van der Waals surface area contributed by atoms with E-state index in [1.807, 2.05) is 13.8 Å². The molecule has 2 amide bonds. The van der Waals surface area contributed by atoms with E-state index in [1.165, 1.54) is 0 Å². The minimum Gasteiger partial charge on any atom is -0.480 e. The molecule has 1 rings (SSSR count). The first kappa shape index (κ1) is 21.8. The van der Waals surface area contributed by atoms with Gasteiger partial charge in [-0.2, -0.15) is 0 Å². The number of carbonyl (C=O) groups is 3. The summed E-state index contributed by atoms with van der Waals surface area (Å²) in [6.45, 7) is 6.49. The summed E-state index contributed by atoms with van der Waals surface area (Å²) in [5.74, 6) is -1.67. The number of hydrogen-bond acceptors (Lipinski definition) is 4. The third-order valence-electron chi connectivity index (χ3n) is 3.47. The predicted molar refractivity (Wildman–Crippen MR) is 98.2 cm³/mol. The van der Waals surface area contributed by atoms with Crippen LogP contribution in [-0.4, -0.2) is 41.1 Å². The van der Waals surface area contributed by atoms with Crippen LogP contribution in [0.1, 0.15) is 34.1 Å². The van der Waals surface area contributed by atoms with E-state index >= 15 is 0 Å². The van der Waals surface area contributed by atoms with Crippen LogP contribution in [0.3, 0.4) is 0 Å². The molecule has 0 heterocycles. The van der Waals surface area contributed by atoms with Crippen LogP contribution in [0.5, 0.6) is 5.75 Å². The maximum atomic E-state index is 12.3. The van der Waals surface area contributed by atoms with E-state index in [1.54, 1.807) is 38.1 Å². The van der Waals surface area contributed by atoms with Crippen LogP contribution in [-0.2, 0) is 14.4 Å². The molecule has 0 radical (unpaired) electrons. The van der Waals surface area contributed by atoms with Crippen LogP contribution in [0.15, 0.2) is 24.3 Å². The molecule has 0 fully saturated rings. The minimum atomic E-state index is -1.24. The lowest BCUT2D eigenvalue weighted by atomic mass is 10.0. The van der Waals surface area contributed by atoms with Crippen LogP contribution in [0, 0.1) is 5.92 Å². The zero-order valence-electron chi connectivity index (χ0n) is 15.3. The third kappa shape index (κ3) is 7.31. The van der Waals surface area contributed by atoms with Crippen molar-refractivity contribution in [1.82, 2.24) is 10.6 Å². The highest BCUT2D eigenvalue weighted by atomic mass is 35.5. The summed E-state index contributed by atoms with van der Waals surface area (Å²) in [4.78, 5) is 35.4. The van der Waals surface area contributed by atoms with E-state index in [2.05, 4.69) is 10.6 Å². The van der Waals surface area contributed by atoms with Crippen molar-refractivity contribution in [2.75, 3.05) is 6.54 Å². The van der Waals surface area contributed by atoms with Crippen molar-refractivity contribution in [2.24, 2.45) is 5.92 Å². The molecular formula is C18H25ClN2O5. The molecule has 0 saturated heterocycles. The fourth-order valence-corrected chi connectivity index (χ4v) is 2.36. The van der Waals surface area contributed by atoms with Crippen molar-refractivity contribution in [3.8, 4) is 5.75 Å². The van der Waals surface area contributed by atoms with Crippen molar-refractivity contribution in [3.63, 3.8) is 0 Å². The molecule has 0 aliphatic rings. The first-order valence-corrected chi connectivity index (χ1v) is 8.64. The van der Waals surface area contributed by atoms with E-state index < -0.39 is 29.4 Å². The van der Waals surface area contributed by atoms with Gasteiger partial charge in [0.15, 0.2) is 5.60 Å². The minimum absolute atomic E-state index is 0.107. The Morgan fingerprint density at radius 3 is 2.46 bits per heavy atom. The molecule has 0 aliphatic carbocycles. The second-order valence-corrected chi connectivity index (χ2v) is 7.28. The fourth-order valence-electron chi connectivity index (χ4n) is 2.18. The molecule has 0 bridgehead atoms. The highest BCUT2D eigenvalue weighted by Gasteiger charge is 2.30. The van der Waals surface area contributed by atoms with Gasteiger partial charge < -0.3 is 20.5 Å². The molecule has 7 nitrogen and oxygen atoms in total. The van der Waals surface area contributed by atoms with Crippen molar-refractivity contribution >= 4 is 29.4 Å². The molecule has 1 aromatic carbocycles. The molecule has 3 N–H and O–H groups in total. The zero-order chi connectivity index (χ0) is 19.9. The van der Waals surface area contributed by atoms with Crippen molar-refractivity contribution < 1.29 is 24.2 Å². The molecule has 1 aromatic rings. The van der Waals surface area contributed by atoms with Crippen LogP contribution in [0.4, 0.5) is 0 Å². The van der Waals surface area contributed by atoms with Crippen LogP contribution in [0.25, 0.3) is 0 Å². The zero-order valence-corrected chi connectivity index (χ0v) is 16.1. The summed E-state index contributed by atoms with van der Waals surface area (Å²) in [6, 6.07) is 5.63. The first-order valence-electron chi connectivity index (χ1n) is 8.26. The highest BCUT2D eigenvalue weighted by Crippen LogP contribution is 2.22. The van der Waals surface area contributed by atoms with Crippen molar-refractivity contribution in [2.45, 2.75) is 45.8 Å².